The van der Waals surface area contributed by atoms with Crippen LogP contribution in [0.15, 0.2) is 16.5 Å². The highest BCUT2D eigenvalue weighted by atomic mass is 16.4. The fourth-order valence-corrected chi connectivity index (χ4v) is 2.51. The molecule has 2 aliphatic rings. The minimum atomic E-state index is -0.673. The van der Waals surface area contributed by atoms with Crippen molar-refractivity contribution >= 4 is 11.9 Å². The monoisotopic (exact) mass is 264 g/mol. The fourth-order valence-electron chi connectivity index (χ4n) is 2.51. The first-order valence-electron chi connectivity index (χ1n) is 7.02. The number of rotatable bonds is 5. The molecule has 5 nitrogen and oxygen atoms in total. The maximum absolute atomic E-state index is 10.9. The van der Waals surface area contributed by atoms with Crippen molar-refractivity contribution in [3.63, 3.8) is 0 Å². The van der Waals surface area contributed by atoms with Gasteiger partial charge in [0.15, 0.2) is 5.88 Å². The van der Waals surface area contributed by atoms with Gasteiger partial charge >= 0.3 is 5.97 Å². The molecule has 0 aromatic carbocycles. The van der Waals surface area contributed by atoms with Gasteiger partial charge in [-0.05, 0) is 31.7 Å². The average molecular weight is 264 g/mol. The lowest BCUT2D eigenvalue weighted by Crippen LogP contribution is -2.36. The molecule has 1 aliphatic carbocycles. The predicted octanol–water partition coefficient (Wildman–Crippen LogP) is 1.83. The lowest BCUT2D eigenvalue weighted by molar-refractivity contribution is -0.142. The Morgan fingerprint density at radius 3 is 2.68 bits per heavy atom. The zero-order valence-corrected chi connectivity index (χ0v) is 11.0. The van der Waals surface area contributed by atoms with E-state index in [1.807, 2.05) is 12.1 Å². The third-order valence-electron chi connectivity index (χ3n) is 3.95. The third-order valence-corrected chi connectivity index (χ3v) is 3.95. The van der Waals surface area contributed by atoms with E-state index in [4.69, 9.17) is 9.52 Å². The molecule has 1 saturated heterocycles. The minimum absolute atomic E-state index is 0.192. The number of nitrogens with zero attached hydrogens (tertiary/aromatic N) is 1. The molecule has 19 heavy (non-hydrogen) atoms. The van der Waals surface area contributed by atoms with Crippen molar-refractivity contribution in [2.75, 3.05) is 18.0 Å². The molecule has 2 heterocycles. The number of furan rings is 1. The van der Waals surface area contributed by atoms with Gasteiger partial charge in [0, 0.05) is 25.2 Å². The highest BCUT2D eigenvalue weighted by Crippen LogP contribution is 2.26. The summed E-state index contributed by atoms with van der Waals surface area (Å²) in [6.07, 6.45) is 3.95. The summed E-state index contributed by atoms with van der Waals surface area (Å²) in [5, 5.41) is 12.4. The van der Waals surface area contributed by atoms with E-state index in [1.165, 1.54) is 12.8 Å². The SMILES string of the molecule is O=C(O)C1CCN(c2ccc(CNC3CC3)o2)CC1. The van der Waals surface area contributed by atoms with Gasteiger partial charge in [-0.15, -0.1) is 0 Å². The molecular weight excluding hydrogens is 244 g/mol. The predicted molar refractivity (Wildman–Crippen MR) is 71.1 cm³/mol. The molecule has 0 spiro atoms. The second-order valence-electron chi connectivity index (χ2n) is 5.49. The van der Waals surface area contributed by atoms with E-state index in [0.29, 0.717) is 18.9 Å². The zero-order chi connectivity index (χ0) is 13.2. The van der Waals surface area contributed by atoms with Crippen LogP contribution >= 0.6 is 0 Å². The molecule has 0 radical (unpaired) electrons. The molecule has 3 rings (SSSR count). The highest BCUT2D eigenvalue weighted by Gasteiger charge is 2.26. The standard InChI is InChI=1S/C14H20N2O3/c17-14(18)10-5-7-16(8-6-10)13-4-3-12(19-13)9-15-11-1-2-11/h3-4,10-11,15H,1-2,5-9H2,(H,17,18). The normalized spacial score (nSPS) is 20.7. The van der Waals surface area contributed by atoms with Gasteiger partial charge in [-0.3, -0.25) is 4.79 Å². The second kappa shape index (κ2) is 5.25. The molecule has 0 amide bonds. The topological polar surface area (TPSA) is 65.7 Å². The summed E-state index contributed by atoms with van der Waals surface area (Å²) in [6, 6.07) is 4.68. The summed E-state index contributed by atoms with van der Waals surface area (Å²) < 4.78 is 5.81. The lowest BCUT2D eigenvalue weighted by Gasteiger charge is -2.29. The van der Waals surface area contributed by atoms with Crippen LogP contribution in [0.3, 0.4) is 0 Å². The Balaban J connectivity index is 1.52. The Kier molecular flexibility index (Phi) is 3.46. The number of aliphatic carboxylic acids is 1. The molecule has 1 aliphatic heterocycles. The number of piperidine rings is 1. The molecule has 2 fully saturated rings. The van der Waals surface area contributed by atoms with Gasteiger partial charge < -0.3 is 19.7 Å². The first kappa shape index (κ1) is 12.5. The molecule has 0 bridgehead atoms. The van der Waals surface area contributed by atoms with Gasteiger partial charge in [-0.2, -0.15) is 0 Å². The summed E-state index contributed by atoms with van der Waals surface area (Å²) in [7, 11) is 0. The second-order valence-corrected chi connectivity index (χ2v) is 5.49. The van der Waals surface area contributed by atoms with Crippen molar-refractivity contribution in [2.24, 2.45) is 5.92 Å². The average Bonchev–Trinajstić information content (AvgIpc) is 3.13. The molecule has 1 aromatic heterocycles. The van der Waals surface area contributed by atoms with E-state index in [0.717, 1.165) is 31.3 Å². The van der Waals surface area contributed by atoms with Crippen LogP contribution in [0.2, 0.25) is 0 Å². The number of nitrogens with one attached hydrogen (secondary N) is 1. The summed E-state index contributed by atoms with van der Waals surface area (Å²) in [5.41, 5.74) is 0. The molecule has 5 heteroatoms. The van der Waals surface area contributed by atoms with Crippen LogP contribution in [0.4, 0.5) is 5.88 Å². The summed E-state index contributed by atoms with van der Waals surface area (Å²) in [5.74, 6) is 0.967. The number of carboxylic acids is 1. The highest BCUT2D eigenvalue weighted by molar-refractivity contribution is 5.70. The number of hydrogen-bond acceptors (Lipinski definition) is 4. The van der Waals surface area contributed by atoms with Gasteiger partial charge in [0.1, 0.15) is 5.76 Å². The molecule has 104 valence electrons. The minimum Gasteiger partial charge on any atom is -0.481 e. The van der Waals surface area contributed by atoms with E-state index in [9.17, 15) is 4.79 Å². The number of hydrogen-bond donors (Lipinski definition) is 2. The van der Waals surface area contributed by atoms with Crippen LogP contribution in [0.25, 0.3) is 0 Å². The molecule has 2 N–H and O–H groups in total. The lowest BCUT2D eigenvalue weighted by atomic mass is 9.97. The molecule has 0 unspecified atom stereocenters. The Bertz CT molecular complexity index is 445. The Morgan fingerprint density at radius 1 is 1.32 bits per heavy atom. The Hall–Kier alpha value is -1.49. The van der Waals surface area contributed by atoms with Gasteiger partial charge in [0.2, 0.25) is 0 Å². The number of anilines is 1. The Morgan fingerprint density at radius 2 is 2.05 bits per heavy atom. The van der Waals surface area contributed by atoms with Gasteiger partial charge in [0.25, 0.3) is 0 Å². The summed E-state index contributed by atoms with van der Waals surface area (Å²) in [6.45, 7) is 2.32. The van der Waals surface area contributed by atoms with Crippen molar-refractivity contribution in [3.8, 4) is 0 Å². The quantitative estimate of drug-likeness (QED) is 0.849. The van der Waals surface area contributed by atoms with E-state index < -0.39 is 5.97 Å². The first-order chi connectivity index (χ1) is 9.22. The van der Waals surface area contributed by atoms with Crippen LogP contribution < -0.4 is 10.2 Å². The molecular formula is C14H20N2O3. The maximum atomic E-state index is 10.9. The number of carboxylic acid groups (broad SMARTS) is 1. The van der Waals surface area contributed by atoms with Crippen molar-refractivity contribution in [3.05, 3.63) is 17.9 Å². The summed E-state index contributed by atoms with van der Waals surface area (Å²) >= 11 is 0. The molecule has 0 atom stereocenters. The van der Waals surface area contributed by atoms with Crippen molar-refractivity contribution in [2.45, 2.75) is 38.3 Å². The van der Waals surface area contributed by atoms with Crippen molar-refractivity contribution in [1.29, 1.82) is 0 Å². The van der Waals surface area contributed by atoms with Crippen LogP contribution in [0.1, 0.15) is 31.4 Å². The van der Waals surface area contributed by atoms with Crippen LogP contribution in [-0.4, -0.2) is 30.2 Å². The van der Waals surface area contributed by atoms with Crippen LogP contribution in [-0.2, 0) is 11.3 Å². The van der Waals surface area contributed by atoms with Gasteiger partial charge in [-0.1, -0.05) is 0 Å². The summed E-state index contributed by atoms with van der Waals surface area (Å²) in [4.78, 5) is 13.0. The first-order valence-corrected chi connectivity index (χ1v) is 7.02. The van der Waals surface area contributed by atoms with Crippen molar-refractivity contribution < 1.29 is 14.3 Å². The van der Waals surface area contributed by atoms with Gasteiger partial charge in [-0.25, -0.2) is 0 Å². The van der Waals surface area contributed by atoms with Crippen LogP contribution in [0.5, 0.6) is 0 Å². The van der Waals surface area contributed by atoms with E-state index >= 15 is 0 Å². The molecule has 1 saturated carbocycles. The van der Waals surface area contributed by atoms with Gasteiger partial charge in [0.05, 0.1) is 12.5 Å². The zero-order valence-electron chi connectivity index (χ0n) is 11.0. The largest absolute Gasteiger partial charge is 0.481 e. The Labute approximate surface area is 112 Å². The van der Waals surface area contributed by atoms with Crippen LogP contribution in [0, 0.1) is 5.92 Å². The molecule has 1 aromatic rings. The third kappa shape index (κ3) is 3.10. The fraction of sp³-hybridized carbons (Fsp3) is 0.643. The smallest absolute Gasteiger partial charge is 0.306 e. The van der Waals surface area contributed by atoms with E-state index in [-0.39, 0.29) is 5.92 Å². The van der Waals surface area contributed by atoms with E-state index in [2.05, 4.69) is 10.2 Å². The number of carbonyl (C=O) groups is 1. The maximum Gasteiger partial charge on any atom is 0.306 e. The van der Waals surface area contributed by atoms with Crippen molar-refractivity contribution in [1.82, 2.24) is 5.32 Å². The van der Waals surface area contributed by atoms with E-state index in [1.54, 1.807) is 0 Å².